The Bertz CT molecular complexity index is 1540. The van der Waals surface area contributed by atoms with Crippen molar-refractivity contribution in [1.29, 1.82) is 0 Å². The maximum absolute atomic E-state index is 13.9. The van der Waals surface area contributed by atoms with Crippen LogP contribution in [0, 0.1) is 11.8 Å². The molecular weight excluding hydrogens is 505 g/mol. The molecule has 0 atom stereocenters. The lowest BCUT2D eigenvalue weighted by Crippen LogP contribution is -2.44. The van der Waals surface area contributed by atoms with Crippen LogP contribution in [0.15, 0.2) is 60.9 Å². The van der Waals surface area contributed by atoms with Gasteiger partial charge in [-0.05, 0) is 48.5 Å². The lowest BCUT2D eigenvalue weighted by atomic mass is 10.0. The monoisotopic (exact) mass is 532 g/mol. The molecule has 2 aromatic carbocycles. The molecule has 10 heteroatoms. The lowest BCUT2D eigenvalue weighted by molar-refractivity contribution is -0.138. The maximum Gasteiger partial charge on any atom is 0.416 e. The van der Waals surface area contributed by atoms with E-state index in [1.807, 2.05) is 24.1 Å². The topological polar surface area (TPSA) is 77.1 Å². The van der Waals surface area contributed by atoms with Gasteiger partial charge in [-0.25, -0.2) is 4.98 Å². The molecule has 5 rings (SSSR count). The van der Waals surface area contributed by atoms with Crippen molar-refractivity contribution in [2.45, 2.75) is 19.1 Å². The van der Waals surface area contributed by atoms with E-state index in [4.69, 9.17) is 0 Å². The molecule has 39 heavy (non-hydrogen) atoms. The third-order valence-corrected chi connectivity index (χ3v) is 6.62. The van der Waals surface area contributed by atoms with Crippen LogP contribution in [0.5, 0.6) is 0 Å². The van der Waals surface area contributed by atoms with Crippen molar-refractivity contribution >= 4 is 22.6 Å². The number of likely N-dealkylation sites (N-methyl/N-ethyl adjacent to an activating group) is 1. The molecule has 2 N–H and O–H groups in total. The first-order chi connectivity index (χ1) is 18.7. The van der Waals surface area contributed by atoms with Gasteiger partial charge in [0.05, 0.1) is 18.2 Å². The number of H-pyrrole nitrogens is 1. The molecule has 0 aliphatic carbocycles. The van der Waals surface area contributed by atoms with Crippen LogP contribution in [0.25, 0.3) is 11.0 Å². The van der Waals surface area contributed by atoms with Crippen LogP contribution < -0.4 is 5.32 Å². The molecule has 200 valence electrons. The number of nitrogens with zero attached hydrogens (tertiary/aromatic N) is 4. The number of carbonyl (C=O) groups is 1. The molecule has 1 aliphatic rings. The van der Waals surface area contributed by atoms with Crippen molar-refractivity contribution in [2.75, 3.05) is 38.5 Å². The second kappa shape index (κ2) is 11.3. The van der Waals surface area contributed by atoms with Crippen LogP contribution in [0.3, 0.4) is 0 Å². The highest BCUT2D eigenvalue weighted by Crippen LogP contribution is 2.34. The lowest BCUT2D eigenvalue weighted by Gasteiger charge is -2.33. The van der Waals surface area contributed by atoms with Gasteiger partial charge in [0.2, 0.25) is 5.91 Å². The van der Waals surface area contributed by atoms with Crippen LogP contribution in [0.2, 0.25) is 0 Å². The summed E-state index contributed by atoms with van der Waals surface area (Å²) in [5, 5.41) is 10.2. The van der Waals surface area contributed by atoms with Gasteiger partial charge in [0, 0.05) is 61.1 Å². The molecule has 7 nitrogen and oxygen atoms in total. The standard InChI is InChI=1S/C29H27F3N6O/c1-37-9-11-38(12-10-37)19-23-7-8-25(16-26(23)29(30,31)32)35-27(39)15-21-4-2-3-20(13-21)5-6-22-14-24-18-34-36-28(24)33-17-22/h2-4,7-8,13-14,16-18H,9-12,15,19H2,1H3,(H,35,39)(H,33,34,36). The molecule has 2 aromatic heterocycles. The Kier molecular flexibility index (Phi) is 7.63. The van der Waals surface area contributed by atoms with Gasteiger partial charge in [-0.2, -0.15) is 18.3 Å². The second-order valence-electron chi connectivity index (χ2n) is 9.66. The maximum atomic E-state index is 13.9. The number of nitrogens with one attached hydrogen (secondary N) is 2. The third-order valence-electron chi connectivity index (χ3n) is 6.62. The number of aromatic nitrogens is 3. The van der Waals surface area contributed by atoms with E-state index in [1.165, 1.54) is 12.1 Å². The van der Waals surface area contributed by atoms with Crippen molar-refractivity contribution in [3.63, 3.8) is 0 Å². The molecule has 0 bridgehead atoms. The largest absolute Gasteiger partial charge is 0.416 e. The third kappa shape index (κ3) is 6.82. The SMILES string of the molecule is CN1CCN(Cc2ccc(NC(=O)Cc3cccc(C#Cc4cnc5[nH]ncc5c4)c3)cc2C(F)(F)F)CC1. The van der Waals surface area contributed by atoms with Gasteiger partial charge in [0.25, 0.3) is 0 Å². The quantitative estimate of drug-likeness (QED) is 0.375. The van der Waals surface area contributed by atoms with E-state index < -0.39 is 17.6 Å². The minimum absolute atomic E-state index is 0.00243. The number of benzene rings is 2. The van der Waals surface area contributed by atoms with E-state index in [-0.39, 0.29) is 24.2 Å². The van der Waals surface area contributed by atoms with Crippen molar-refractivity contribution in [2.24, 2.45) is 0 Å². The van der Waals surface area contributed by atoms with Crippen LogP contribution in [0.1, 0.15) is 27.8 Å². The summed E-state index contributed by atoms with van der Waals surface area (Å²) in [6.07, 6.45) is -1.20. The van der Waals surface area contributed by atoms with Crippen LogP contribution in [0.4, 0.5) is 18.9 Å². The zero-order valence-electron chi connectivity index (χ0n) is 21.3. The zero-order chi connectivity index (χ0) is 27.4. The van der Waals surface area contributed by atoms with E-state index in [1.54, 1.807) is 30.6 Å². The summed E-state index contributed by atoms with van der Waals surface area (Å²) in [5.41, 5.74) is 2.42. The summed E-state index contributed by atoms with van der Waals surface area (Å²) in [6.45, 7) is 3.29. The number of halogens is 3. The highest BCUT2D eigenvalue weighted by molar-refractivity contribution is 5.92. The van der Waals surface area contributed by atoms with Gasteiger partial charge in [-0.1, -0.05) is 30.0 Å². The molecule has 1 fully saturated rings. The number of piperazine rings is 1. The van der Waals surface area contributed by atoms with Crippen LogP contribution >= 0.6 is 0 Å². The number of carbonyl (C=O) groups excluding carboxylic acids is 1. The molecule has 0 unspecified atom stereocenters. The Morgan fingerprint density at radius 3 is 2.62 bits per heavy atom. The average Bonchev–Trinajstić information content (AvgIpc) is 3.37. The van der Waals surface area contributed by atoms with Gasteiger partial charge >= 0.3 is 6.18 Å². The second-order valence-corrected chi connectivity index (χ2v) is 9.66. The van der Waals surface area contributed by atoms with E-state index in [9.17, 15) is 18.0 Å². The smallest absolute Gasteiger partial charge is 0.326 e. The molecule has 0 spiro atoms. The van der Waals surface area contributed by atoms with Crippen molar-refractivity contribution in [1.82, 2.24) is 25.0 Å². The summed E-state index contributed by atoms with van der Waals surface area (Å²) < 4.78 is 41.6. The van der Waals surface area contributed by atoms with Crippen molar-refractivity contribution < 1.29 is 18.0 Å². The van der Waals surface area contributed by atoms with Crippen molar-refractivity contribution in [3.8, 4) is 11.8 Å². The molecular formula is C29H27F3N6O. The summed E-state index contributed by atoms with van der Waals surface area (Å²) >= 11 is 0. The fraction of sp³-hybridized carbons (Fsp3) is 0.276. The number of pyridine rings is 1. The molecule has 1 saturated heterocycles. The highest BCUT2D eigenvalue weighted by atomic mass is 19.4. The molecule has 4 aromatic rings. The van der Waals surface area contributed by atoms with E-state index in [0.29, 0.717) is 29.9 Å². The minimum Gasteiger partial charge on any atom is -0.326 e. The fourth-order valence-corrected chi connectivity index (χ4v) is 4.50. The molecule has 0 saturated carbocycles. The Morgan fingerprint density at radius 1 is 1.03 bits per heavy atom. The predicted octanol–water partition coefficient (Wildman–Crippen LogP) is 4.31. The van der Waals surface area contributed by atoms with E-state index in [2.05, 4.69) is 37.2 Å². The summed E-state index contributed by atoms with van der Waals surface area (Å²) in [6, 6.07) is 13.1. The van der Waals surface area contributed by atoms with Gasteiger partial charge in [-0.15, -0.1) is 0 Å². The number of hydrogen-bond donors (Lipinski definition) is 2. The first kappa shape index (κ1) is 26.4. The number of anilines is 1. The first-order valence-corrected chi connectivity index (χ1v) is 12.5. The average molecular weight is 533 g/mol. The zero-order valence-corrected chi connectivity index (χ0v) is 21.3. The summed E-state index contributed by atoms with van der Waals surface area (Å²) in [4.78, 5) is 21.1. The fourth-order valence-electron chi connectivity index (χ4n) is 4.50. The Hall–Kier alpha value is -4.20. The number of alkyl halides is 3. The number of aromatic amines is 1. The molecule has 0 radical (unpaired) electrons. The van der Waals surface area contributed by atoms with Crippen molar-refractivity contribution in [3.05, 3.63) is 88.7 Å². The summed E-state index contributed by atoms with van der Waals surface area (Å²) in [5.74, 6) is 5.71. The Morgan fingerprint density at radius 2 is 1.82 bits per heavy atom. The molecule has 1 amide bonds. The van der Waals surface area contributed by atoms with Gasteiger partial charge < -0.3 is 10.2 Å². The number of amides is 1. The van der Waals surface area contributed by atoms with Crippen LogP contribution in [-0.2, 0) is 23.9 Å². The number of rotatable bonds is 5. The van der Waals surface area contributed by atoms with E-state index in [0.717, 1.165) is 30.1 Å². The first-order valence-electron chi connectivity index (χ1n) is 12.5. The minimum atomic E-state index is -4.52. The van der Waals surface area contributed by atoms with E-state index >= 15 is 0 Å². The number of fused-ring (bicyclic) bond motifs is 1. The number of hydrogen-bond acceptors (Lipinski definition) is 5. The Balaban J connectivity index is 1.25. The summed E-state index contributed by atoms with van der Waals surface area (Å²) in [7, 11) is 2.00. The highest BCUT2D eigenvalue weighted by Gasteiger charge is 2.34. The predicted molar refractivity (Wildman–Crippen MR) is 143 cm³/mol. The van der Waals surface area contributed by atoms with Gasteiger partial charge in [-0.3, -0.25) is 14.8 Å². The van der Waals surface area contributed by atoms with Crippen LogP contribution in [-0.4, -0.2) is 64.1 Å². The molecule has 3 heterocycles. The molecule has 1 aliphatic heterocycles. The van der Waals surface area contributed by atoms with Gasteiger partial charge in [0.15, 0.2) is 5.65 Å². The Labute approximate surface area is 224 Å². The van der Waals surface area contributed by atoms with Gasteiger partial charge in [0.1, 0.15) is 0 Å². The normalized spacial score (nSPS) is 14.7.